The van der Waals surface area contributed by atoms with Crippen molar-refractivity contribution in [3.63, 3.8) is 0 Å². The third kappa shape index (κ3) is 4.20. The molecule has 0 heterocycles. The summed E-state index contributed by atoms with van der Waals surface area (Å²) in [4.78, 5) is 12.0. The van der Waals surface area contributed by atoms with Crippen molar-refractivity contribution in [3.05, 3.63) is 42.0 Å². The van der Waals surface area contributed by atoms with Crippen molar-refractivity contribution in [2.45, 2.75) is 44.1 Å². The Balaban J connectivity index is 1.81. The predicted octanol–water partition coefficient (Wildman–Crippen LogP) is 3.33. The van der Waals surface area contributed by atoms with Crippen LogP contribution in [0.3, 0.4) is 0 Å². The average molecular weight is 274 g/mol. The van der Waals surface area contributed by atoms with Crippen LogP contribution in [-0.4, -0.2) is 23.3 Å². The molecular formula is C17H22O3. The van der Waals surface area contributed by atoms with Crippen molar-refractivity contribution in [3.8, 4) is 0 Å². The predicted molar refractivity (Wildman–Crippen MR) is 79.1 cm³/mol. The summed E-state index contributed by atoms with van der Waals surface area (Å²) in [7, 11) is 0. The van der Waals surface area contributed by atoms with Gasteiger partial charge in [0.05, 0.1) is 0 Å². The van der Waals surface area contributed by atoms with E-state index in [9.17, 15) is 9.90 Å². The molecule has 1 aromatic rings. The van der Waals surface area contributed by atoms with Gasteiger partial charge in [0.2, 0.25) is 0 Å². The van der Waals surface area contributed by atoms with Gasteiger partial charge in [0.15, 0.2) is 5.60 Å². The molecule has 1 aliphatic rings. The SMILES string of the molecule is O=C(OC/C=C/c1ccccc1)C1(O)CCCCCC1. The van der Waals surface area contributed by atoms with Crippen LogP contribution in [0.25, 0.3) is 6.08 Å². The Hall–Kier alpha value is -1.61. The molecule has 1 N–H and O–H groups in total. The number of benzene rings is 1. The van der Waals surface area contributed by atoms with Gasteiger partial charge in [0.25, 0.3) is 0 Å². The Labute approximate surface area is 120 Å². The second kappa shape index (κ2) is 7.25. The van der Waals surface area contributed by atoms with Crippen LogP contribution in [-0.2, 0) is 9.53 Å². The van der Waals surface area contributed by atoms with Gasteiger partial charge in [-0.25, -0.2) is 4.79 Å². The highest BCUT2D eigenvalue weighted by molar-refractivity contribution is 5.79. The van der Waals surface area contributed by atoms with E-state index >= 15 is 0 Å². The van der Waals surface area contributed by atoms with Gasteiger partial charge in [-0.05, 0) is 37.3 Å². The molecule has 0 aromatic heterocycles. The van der Waals surface area contributed by atoms with Crippen molar-refractivity contribution in [1.82, 2.24) is 0 Å². The molecule has 0 saturated heterocycles. The van der Waals surface area contributed by atoms with Gasteiger partial charge in [-0.3, -0.25) is 0 Å². The maximum absolute atomic E-state index is 12.0. The van der Waals surface area contributed by atoms with Crippen LogP contribution in [0, 0.1) is 0 Å². The maximum atomic E-state index is 12.0. The Morgan fingerprint density at radius 2 is 1.80 bits per heavy atom. The Bertz CT molecular complexity index is 443. The van der Waals surface area contributed by atoms with Gasteiger partial charge < -0.3 is 9.84 Å². The van der Waals surface area contributed by atoms with Gasteiger partial charge in [0.1, 0.15) is 6.61 Å². The summed E-state index contributed by atoms with van der Waals surface area (Å²) in [6.07, 6.45) is 8.71. The molecular weight excluding hydrogens is 252 g/mol. The molecule has 2 rings (SSSR count). The van der Waals surface area contributed by atoms with Gasteiger partial charge in [-0.1, -0.05) is 49.2 Å². The van der Waals surface area contributed by atoms with Crippen LogP contribution < -0.4 is 0 Å². The minimum atomic E-state index is -1.27. The fourth-order valence-electron chi connectivity index (χ4n) is 2.52. The van der Waals surface area contributed by atoms with E-state index in [1.165, 1.54) is 0 Å². The molecule has 1 saturated carbocycles. The summed E-state index contributed by atoms with van der Waals surface area (Å²) < 4.78 is 5.19. The first-order valence-electron chi connectivity index (χ1n) is 7.32. The lowest BCUT2D eigenvalue weighted by atomic mass is 9.95. The lowest BCUT2D eigenvalue weighted by molar-refractivity contribution is -0.165. The van der Waals surface area contributed by atoms with E-state index in [0.717, 1.165) is 31.2 Å². The van der Waals surface area contributed by atoms with Gasteiger partial charge in [0, 0.05) is 0 Å². The number of aliphatic hydroxyl groups is 1. The average Bonchev–Trinajstić information content (AvgIpc) is 2.70. The maximum Gasteiger partial charge on any atom is 0.338 e. The molecule has 20 heavy (non-hydrogen) atoms. The smallest absolute Gasteiger partial charge is 0.338 e. The van der Waals surface area contributed by atoms with Gasteiger partial charge >= 0.3 is 5.97 Å². The largest absolute Gasteiger partial charge is 0.459 e. The summed E-state index contributed by atoms with van der Waals surface area (Å²) in [5.74, 6) is -0.475. The fraction of sp³-hybridized carbons (Fsp3) is 0.471. The zero-order valence-electron chi connectivity index (χ0n) is 11.8. The van der Waals surface area contributed by atoms with Crippen molar-refractivity contribution in [1.29, 1.82) is 0 Å². The Kier molecular flexibility index (Phi) is 5.36. The van der Waals surface area contributed by atoms with E-state index in [2.05, 4.69) is 0 Å². The molecule has 1 aromatic carbocycles. The van der Waals surface area contributed by atoms with Crippen molar-refractivity contribution < 1.29 is 14.6 Å². The van der Waals surface area contributed by atoms with E-state index in [0.29, 0.717) is 12.8 Å². The van der Waals surface area contributed by atoms with Gasteiger partial charge in [-0.2, -0.15) is 0 Å². The highest BCUT2D eigenvalue weighted by Gasteiger charge is 2.37. The van der Waals surface area contributed by atoms with Crippen LogP contribution in [0.4, 0.5) is 0 Å². The summed E-state index contributed by atoms with van der Waals surface area (Å²) in [6, 6.07) is 9.84. The van der Waals surface area contributed by atoms with Crippen LogP contribution in [0.15, 0.2) is 36.4 Å². The normalized spacial score (nSPS) is 18.6. The number of hydrogen-bond donors (Lipinski definition) is 1. The van der Waals surface area contributed by atoms with Crippen LogP contribution in [0.2, 0.25) is 0 Å². The third-order valence-corrected chi connectivity index (χ3v) is 3.73. The monoisotopic (exact) mass is 274 g/mol. The molecule has 3 heteroatoms. The number of carbonyl (C=O) groups excluding carboxylic acids is 1. The van der Waals surface area contributed by atoms with Crippen molar-refractivity contribution >= 4 is 12.0 Å². The number of carbonyl (C=O) groups is 1. The van der Waals surface area contributed by atoms with Crippen molar-refractivity contribution in [2.75, 3.05) is 6.61 Å². The second-order valence-corrected chi connectivity index (χ2v) is 5.36. The van der Waals surface area contributed by atoms with Crippen LogP contribution in [0.1, 0.15) is 44.1 Å². The molecule has 3 nitrogen and oxygen atoms in total. The molecule has 0 spiro atoms. The zero-order valence-corrected chi connectivity index (χ0v) is 11.8. The first-order valence-corrected chi connectivity index (χ1v) is 7.32. The molecule has 0 radical (unpaired) electrons. The van der Waals surface area contributed by atoms with E-state index in [1.54, 1.807) is 6.08 Å². The molecule has 0 bridgehead atoms. The molecule has 108 valence electrons. The van der Waals surface area contributed by atoms with E-state index in [-0.39, 0.29) is 6.61 Å². The number of rotatable bonds is 4. The molecule has 1 aliphatic carbocycles. The first kappa shape index (κ1) is 14.8. The molecule has 0 unspecified atom stereocenters. The summed E-state index contributed by atoms with van der Waals surface area (Å²) in [5, 5.41) is 10.3. The van der Waals surface area contributed by atoms with Crippen molar-refractivity contribution in [2.24, 2.45) is 0 Å². The summed E-state index contributed by atoms with van der Waals surface area (Å²) in [6.45, 7) is 0.204. The molecule has 0 atom stereocenters. The highest BCUT2D eigenvalue weighted by atomic mass is 16.5. The lowest BCUT2D eigenvalue weighted by Gasteiger charge is -2.23. The third-order valence-electron chi connectivity index (χ3n) is 3.73. The number of esters is 1. The Morgan fingerprint density at radius 3 is 2.45 bits per heavy atom. The summed E-state index contributed by atoms with van der Waals surface area (Å²) >= 11 is 0. The zero-order chi connectivity index (χ0) is 14.3. The fourth-order valence-corrected chi connectivity index (χ4v) is 2.52. The molecule has 0 amide bonds. The van der Waals surface area contributed by atoms with E-state index in [1.807, 2.05) is 36.4 Å². The second-order valence-electron chi connectivity index (χ2n) is 5.36. The lowest BCUT2D eigenvalue weighted by Crippen LogP contribution is -2.39. The van der Waals surface area contributed by atoms with Crippen LogP contribution >= 0.6 is 0 Å². The Morgan fingerprint density at radius 1 is 1.15 bits per heavy atom. The topological polar surface area (TPSA) is 46.5 Å². The number of hydrogen-bond acceptors (Lipinski definition) is 3. The molecule has 1 fully saturated rings. The standard InChI is InChI=1S/C17H22O3/c18-16(17(19)12-6-1-2-7-13-17)20-14-8-11-15-9-4-3-5-10-15/h3-5,8-11,19H,1-2,6-7,12-14H2/b11-8+. The minimum absolute atomic E-state index is 0.204. The summed E-state index contributed by atoms with van der Waals surface area (Å²) in [5.41, 5.74) is -0.200. The number of ether oxygens (including phenoxy) is 1. The molecule has 0 aliphatic heterocycles. The first-order chi connectivity index (χ1) is 9.71. The quantitative estimate of drug-likeness (QED) is 0.676. The van der Waals surface area contributed by atoms with Crippen LogP contribution in [0.5, 0.6) is 0 Å². The van der Waals surface area contributed by atoms with E-state index < -0.39 is 11.6 Å². The minimum Gasteiger partial charge on any atom is -0.459 e. The van der Waals surface area contributed by atoms with E-state index in [4.69, 9.17) is 4.74 Å². The van der Waals surface area contributed by atoms with Gasteiger partial charge in [-0.15, -0.1) is 0 Å². The highest BCUT2D eigenvalue weighted by Crippen LogP contribution is 2.28.